The second-order valence-corrected chi connectivity index (χ2v) is 17.7. The summed E-state index contributed by atoms with van der Waals surface area (Å²) in [7, 11) is 0. The molecule has 0 saturated heterocycles. The van der Waals surface area contributed by atoms with Gasteiger partial charge in [0.05, 0.1) is 13.1 Å². The molecule has 4 atom stereocenters. The normalized spacial score (nSPS) is 12.7. The predicted molar refractivity (Wildman–Crippen MR) is 258 cm³/mol. The number of carbonyl (C=O) groups excluding carboxylic acids is 8. The van der Waals surface area contributed by atoms with Crippen molar-refractivity contribution in [2.45, 2.75) is 136 Å². The number of carboxylic acids is 1. The quantitative estimate of drug-likeness (QED) is 0.0468. The second-order valence-electron chi connectivity index (χ2n) is 16.7. The summed E-state index contributed by atoms with van der Waals surface area (Å²) in [6.07, 6.45) is 6.61. The van der Waals surface area contributed by atoms with E-state index in [1.807, 2.05) is 18.4 Å². The fraction of sp³-hybridized carbons (Fsp3) is 0.562. The first kappa shape index (κ1) is 57.3. The van der Waals surface area contributed by atoms with Crippen molar-refractivity contribution in [3.8, 4) is 0 Å². The minimum absolute atomic E-state index is 0.0893. The largest absolute Gasteiger partial charge is 0.480 e. The maximum atomic E-state index is 13.2. The van der Waals surface area contributed by atoms with Crippen LogP contribution in [0.3, 0.4) is 0 Å². The first-order valence-corrected chi connectivity index (χ1v) is 24.5. The lowest BCUT2D eigenvalue weighted by atomic mass is 10.0. The number of unbranched alkanes of at least 4 members (excludes halogenated alkanes) is 2. The van der Waals surface area contributed by atoms with E-state index in [9.17, 15) is 48.3 Å². The minimum atomic E-state index is -1.24. The summed E-state index contributed by atoms with van der Waals surface area (Å²) in [6, 6.07) is 10.7. The molecule has 2 rings (SSSR count). The molecule has 0 aliphatic heterocycles. The summed E-state index contributed by atoms with van der Waals surface area (Å²) >= 11 is 1.46. The average molecular weight is 953 g/mol. The fourth-order valence-electron chi connectivity index (χ4n) is 6.42. The van der Waals surface area contributed by atoms with Gasteiger partial charge >= 0.3 is 5.97 Å². The Kier molecular flexibility index (Phi) is 27.4. The smallest absolute Gasteiger partial charge is 0.326 e. The van der Waals surface area contributed by atoms with E-state index in [0.29, 0.717) is 81.0 Å². The highest BCUT2D eigenvalue weighted by Crippen LogP contribution is 2.10. The van der Waals surface area contributed by atoms with Gasteiger partial charge in [-0.2, -0.15) is 11.8 Å². The Morgan fingerprint density at radius 1 is 0.597 bits per heavy atom. The van der Waals surface area contributed by atoms with Crippen molar-refractivity contribution in [3.63, 3.8) is 0 Å². The third-order valence-corrected chi connectivity index (χ3v) is 11.5. The van der Waals surface area contributed by atoms with Gasteiger partial charge in [0, 0.05) is 56.1 Å². The van der Waals surface area contributed by atoms with Gasteiger partial charge in [0.2, 0.25) is 29.5 Å². The van der Waals surface area contributed by atoms with E-state index in [1.165, 1.54) is 23.9 Å². The van der Waals surface area contributed by atoms with Gasteiger partial charge in [-0.15, -0.1) is 0 Å². The number of ketones is 1. The molecule has 2 aromatic rings. The third kappa shape index (κ3) is 23.5. The van der Waals surface area contributed by atoms with Crippen LogP contribution in [-0.4, -0.2) is 114 Å². The van der Waals surface area contributed by atoms with Crippen LogP contribution < -0.4 is 42.5 Å². The molecule has 67 heavy (non-hydrogen) atoms. The molecule has 9 N–H and O–H groups in total. The number of benzene rings is 2. The molecule has 0 aromatic heterocycles. The number of nitrogens with one attached hydrogen (secondary N) is 8. The van der Waals surface area contributed by atoms with Gasteiger partial charge < -0.3 is 47.6 Å². The molecule has 0 aliphatic rings. The summed E-state index contributed by atoms with van der Waals surface area (Å²) in [5.74, 6) is -4.24. The van der Waals surface area contributed by atoms with Crippen LogP contribution in [0.5, 0.6) is 0 Å². The van der Waals surface area contributed by atoms with Crippen LogP contribution in [-0.2, 0) is 46.7 Å². The number of carbonyl (C=O) groups is 9. The highest BCUT2D eigenvalue weighted by molar-refractivity contribution is 7.98. The van der Waals surface area contributed by atoms with Crippen molar-refractivity contribution in [2.24, 2.45) is 5.92 Å². The highest BCUT2D eigenvalue weighted by Gasteiger charge is 2.26. The zero-order valence-corrected chi connectivity index (χ0v) is 40.7. The van der Waals surface area contributed by atoms with Crippen molar-refractivity contribution < 1.29 is 48.3 Å². The monoisotopic (exact) mass is 953 g/mol. The molecule has 7 amide bonds. The maximum absolute atomic E-state index is 13.2. The lowest BCUT2D eigenvalue weighted by Crippen LogP contribution is -2.51. The maximum Gasteiger partial charge on any atom is 0.326 e. The van der Waals surface area contributed by atoms with Crippen LogP contribution in [0.2, 0.25) is 0 Å². The first-order valence-electron chi connectivity index (χ1n) is 23.1. The van der Waals surface area contributed by atoms with Gasteiger partial charge in [-0.05, 0) is 105 Å². The summed E-state index contributed by atoms with van der Waals surface area (Å²) in [6.45, 7) is 9.84. The molecule has 0 bridgehead atoms. The number of aliphatic carboxylic acids is 1. The number of Topliss-reactive ketones (excluding diaryl/α,β-unsaturated/α-hetero) is 1. The first-order chi connectivity index (χ1) is 32.0. The summed E-state index contributed by atoms with van der Waals surface area (Å²) in [5, 5.41) is 31.5. The van der Waals surface area contributed by atoms with Crippen LogP contribution in [0.4, 0.5) is 0 Å². The molecule has 0 saturated carbocycles. The molecule has 0 fully saturated rings. The van der Waals surface area contributed by atoms with E-state index >= 15 is 0 Å². The number of thioether (sulfide) groups is 1. The molecular weight excluding hydrogens is 881 g/mol. The Hall–Kier alpha value is -5.82. The van der Waals surface area contributed by atoms with Crippen molar-refractivity contribution in [1.29, 1.82) is 0 Å². The van der Waals surface area contributed by atoms with E-state index in [-0.39, 0.29) is 49.1 Å². The van der Waals surface area contributed by atoms with Crippen molar-refractivity contribution in [1.82, 2.24) is 42.5 Å². The highest BCUT2D eigenvalue weighted by atomic mass is 32.2. The Balaban J connectivity index is 1.82. The molecule has 0 spiro atoms. The van der Waals surface area contributed by atoms with E-state index < -0.39 is 66.1 Å². The summed E-state index contributed by atoms with van der Waals surface area (Å²) in [5.41, 5.74) is 2.33. The number of rotatable bonds is 33. The average Bonchev–Trinajstić information content (AvgIpc) is 3.32. The lowest BCUT2D eigenvalue weighted by molar-refractivity contribution is -0.142. The van der Waals surface area contributed by atoms with Gasteiger partial charge in [0.25, 0.3) is 11.8 Å². The molecule has 0 aliphatic carbocycles. The third-order valence-electron chi connectivity index (χ3n) is 10.9. The van der Waals surface area contributed by atoms with Crippen molar-refractivity contribution >= 4 is 64.9 Å². The Morgan fingerprint density at radius 3 is 1.79 bits per heavy atom. The number of carboxylic acid groups (broad SMARTS) is 1. The summed E-state index contributed by atoms with van der Waals surface area (Å²) < 4.78 is 0. The topological polar surface area (TPSA) is 270 Å². The number of hydrogen-bond donors (Lipinski definition) is 9. The van der Waals surface area contributed by atoms with Gasteiger partial charge in [-0.1, -0.05) is 52.0 Å². The summed E-state index contributed by atoms with van der Waals surface area (Å²) in [4.78, 5) is 113. The zero-order chi connectivity index (χ0) is 49.7. The van der Waals surface area contributed by atoms with E-state index in [1.54, 1.807) is 45.0 Å². The van der Waals surface area contributed by atoms with Gasteiger partial charge in [0.1, 0.15) is 23.9 Å². The second kappa shape index (κ2) is 32.0. The fourth-order valence-corrected chi connectivity index (χ4v) is 6.89. The van der Waals surface area contributed by atoms with Crippen LogP contribution >= 0.6 is 11.8 Å². The van der Waals surface area contributed by atoms with Crippen LogP contribution in [0.1, 0.15) is 131 Å². The molecule has 0 radical (unpaired) electrons. The predicted octanol–water partition coefficient (Wildman–Crippen LogP) is 3.12. The van der Waals surface area contributed by atoms with Gasteiger partial charge in [-0.25, -0.2) is 4.79 Å². The molecule has 0 heterocycles. The van der Waals surface area contributed by atoms with Crippen molar-refractivity contribution in [2.75, 3.05) is 31.6 Å². The number of hydrogen-bond acceptors (Lipinski definition) is 11. The van der Waals surface area contributed by atoms with Crippen LogP contribution in [0.15, 0.2) is 48.5 Å². The molecule has 19 heteroatoms. The van der Waals surface area contributed by atoms with Crippen LogP contribution in [0, 0.1) is 5.92 Å². The SMILES string of the molecule is CCC(=O)CCCCC(=O)NCCCCC(NC(=O)CNC(=O)C(CCSC)NC(=O)c1ccc(CNC(=O)C(NC(=O)CNC(=O)c2ccc(CNC(C)CC)cc2)C(C)C)cc1)C(=O)O. The molecule has 370 valence electrons. The van der Waals surface area contributed by atoms with Crippen molar-refractivity contribution in [3.05, 3.63) is 70.8 Å². The van der Waals surface area contributed by atoms with E-state index in [2.05, 4.69) is 56.4 Å². The lowest BCUT2D eigenvalue weighted by Gasteiger charge is -2.22. The molecule has 4 unspecified atom stereocenters. The molecular formula is C48H72N8O10S. The Labute approximate surface area is 398 Å². The minimum Gasteiger partial charge on any atom is -0.480 e. The van der Waals surface area contributed by atoms with E-state index in [4.69, 9.17) is 0 Å². The Morgan fingerprint density at radius 2 is 1.19 bits per heavy atom. The van der Waals surface area contributed by atoms with Gasteiger partial charge in [-0.3, -0.25) is 38.4 Å². The van der Waals surface area contributed by atoms with Gasteiger partial charge in [0.15, 0.2) is 0 Å². The Bertz CT molecular complexity index is 1930. The van der Waals surface area contributed by atoms with E-state index in [0.717, 1.165) is 12.0 Å². The number of amides is 7. The zero-order valence-electron chi connectivity index (χ0n) is 39.8. The molecule has 18 nitrogen and oxygen atoms in total. The molecule has 2 aromatic carbocycles. The standard InChI is InChI=1S/C48H72N8O10S/c1-7-32(5)50-27-33-16-20-35(21-17-33)44(61)52-30-42(60)56-43(31(3)4)47(64)51-28-34-18-22-36(23-19-34)45(62)55-38(24-26-67-6)46(63)53-29-41(59)54-39(48(65)66)14-11-12-25-49-40(58)15-10-9-13-37(57)8-2/h16-23,31-32,38-39,43,50H,7-15,24-30H2,1-6H3,(H,49,58)(H,51,64)(H,52,61)(H,53,63)(H,54,59)(H,55,62)(H,56,60)(H,65,66). The van der Waals surface area contributed by atoms with Crippen LogP contribution in [0.25, 0.3) is 0 Å².